The lowest BCUT2D eigenvalue weighted by Crippen LogP contribution is -2.43. The Labute approximate surface area is 180 Å². The van der Waals surface area contributed by atoms with E-state index in [-0.39, 0.29) is 17.7 Å². The number of rotatable bonds is 6. The molecule has 2 aromatic heterocycles. The number of nitrogens with one attached hydrogen (secondary N) is 2. The van der Waals surface area contributed by atoms with Gasteiger partial charge in [-0.2, -0.15) is 5.10 Å². The molecule has 4 rings (SSSR count). The summed E-state index contributed by atoms with van der Waals surface area (Å²) in [7, 11) is 0. The molecule has 3 atom stereocenters. The Morgan fingerprint density at radius 1 is 1.41 bits per heavy atom. The molecule has 1 aromatic carbocycles. The van der Waals surface area contributed by atoms with Crippen LogP contribution in [0.3, 0.4) is 0 Å². The average molecular weight is 455 g/mol. The van der Waals surface area contributed by atoms with Crippen molar-refractivity contribution in [3.63, 3.8) is 0 Å². The number of nitrogens with zero attached hydrogens (tertiary/aromatic N) is 4. The van der Waals surface area contributed by atoms with Crippen molar-refractivity contribution in [2.45, 2.75) is 37.4 Å². The molecule has 1 fully saturated rings. The fourth-order valence-corrected chi connectivity index (χ4v) is 5.45. The highest BCUT2D eigenvalue weighted by atomic mass is 35.5. The predicted molar refractivity (Wildman–Crippen MR) is 114 cm³/mol. The van der Waals surface area contributed by atoms with Crippen LogP contribution >= 0.6 is 34.7 Å². The van der Waals surface area contributed by atoms with Crippen molar-refractivity contribution in [1.29, 1.82) is 0 Å². The van der Waals surface area contributed by atoms with E-state index in [4.69, 9.17) is 11.6 Å². The molecule has 11 heteroatoms. The number of benzene rings is 1. The van der Waals surface area contributed by atoms with Gasteiger partial charge in [-0.15, -0.1) is 22.0 Å². The van der Waals surface area contributed by atoms with E-state index in [1.807, 2.05) is 0 Å². The Bertz CT molecular complexity index is 990. The summed E-state index contributed by atoms with van der Waals surface area (Å²) >= 11 is 9.03. The minimum atomic E-state index is -1.13. The van der Waals surface area contributed by atoms with Crippen molar-refractivity contribution in [1.82, 2.24) is 25.3 Å². The zero-order valence-electron chi connectivity index (χ0n) is 15.8. The first-order valence-corrected chi connectivity index (χ1v) is 11.2. The van der Waals surface area contributed by atoms with Gasteiger partial charge in [0.1, 0.15) is 11.4 Å². The van der Waals surface area contributed by atoms with Crippen LogP contribution in [-0.2, 0) is 12.1 Å². The van der Waals surface area contributed by atoms with Crippen LogP contribution in [0.2, 0.25) is 5.02 Å². The average Bonchev–Trinajstić information content (AvgIpc) is 3.40. The van der Waals surface area contributed by atoms with E-state index in [1.54, 1.807) is 47.8 Å². The zero-order chi connectivity index (χ0) is 20.6. The van der Waals surface area contributed by atoms with Crippen LogP contribution < -0.4 is 10.6 Å². The fraction of sp³-hybridized carbons (Fsp3) is 0.389. The van der Waals surface area contributed by atoms with Crippen LogP contribution in [0.5, 0.6) is 0 Å². The van der Waals surface area contributed by atoms with Gasteiger partial charge in [-0.25, -0.2) is 4.39 Å². The first-order chi connectivity index (χ1) is 13.8. The summed E-state index contributed by atoms with van der Waals surface area (Å²) < 4.78 is 15.6. The summed E-state index contributed by atoms with van der Waals surface area (Å²) in [6.07, 6.45) is 1.73. The van der Waals surface area contributed by atoms with Crippen LogP contribution in [0.4, 0.5) is 15.3 Å². The largest absolute Gasteiger partial charge is 0.380 e. The summed E-state index contributed by atoms with van der Waals surface area (Å²) in [6.45, 7) is 4.04. The Hall–Kier alpha value is -1.72. The van der Waals surface area contributed by atoms with Gasteiger partial charge < -0.3 is 10.4 Å². The third-order valence-corrected chi connectivity index (χ3v) is 7.62. The van der Waals surface area contributed by atoms with Crippen LogP contribution in [0.15, 0.2) is 30.5 Å². The first-order valence-electron chi connectivity index (χ1n) is 9.00. The highest BCUT2D eigenvalue weighted by molar-refractivity contribution is 8.00. The molecule has 3 aromatic rings. The van der Waals surface area contributed by atoms with Crippen molar-refractivity contribution < 1.29 is 9.50 Å². The van der Waals surface area contributed by atoms with Gasteiger partial charge >= 0.3 is 0 Å². The normalized spacial score (nSPS) is 21.3. The second-order valence-corrected chi connectivity index (χ2v) is 9.59. The third-order valence-electron chi connectivity index (χ3n) is 4.57. The highest BCUT2D eigenvalue weighted by Gasteiger charge is 2.41. The van der Waals surface area contributed by atoms with Crippen molar-refractivity contribution in [2.24, 2.45) is 0 Å². The Morgan fingerprint density at radius 2 is 2.24 bits per heavy atom. The molecular formula is C18H20ClFN6OS2. The van der Waals surface area contributed by atoms with E-state index < -0.39 is 5.60 Å². The molecule has 154 valence electrons. The van der Waals surface area contributed by atoms with Crippen LogP contribution in [-0.4, -0.2) is 42.3 Å². The summed E-state index contributed by atoms with van der Waals surface area (Å²) in [5, 5.41) is 31.3. The standard InChI is InChI=1S/C18H20ClFN6OS2/c1-10-9-28-15(21-10)18(2,27)16-23-24-17(29-16)22-14-6-7-26(25-14)8-11-12(19)4-3-5-13(11)20/h3-7,10,15,21,27H,8-9H2,1-2H3,(H,22,24,25). The van der Waals surface area contributed by atoms with E-state index in [1.165, 1.54) is 17.4 Å². The van der Waals surface area contributed by atoms with Crippen LogP contribution in [0, 0.1) is 5.82 Å². The number of aliphatic hydroxyl groups is 1. The first kappa shape index (κ1) is 20.5. The van der Waals surface area contributed by atoms with Gasteiger partial charge in [-0.05, 0) is 26.0 Å². The molecule has 0 spiro atoms. The molecule has 0 radical (unpaired) electrons. The van der Waals surface area contributed by atoms with Gasteiger partial charge in [0.05, 0.1) is 11.9 Å². The quantitative estimate of drug-likeness (QED) is 0.524. The van der Waals surface area contributed by atoms with E-state index in [2.05, 4.69) is 32.9 Å². The van der Waals surface area contributed by atoms with Crippen molar-refractivity contribution in [3.05, 3.63) is 51.9 Å². The molecular weight excluding hydrogens is 435 g/mol. The minimum Gasteiger partial charge on any atom is -0.380 e. The Kier molecular flexibility index (Phi) is 5.80. The molecule has 0 amide bonds. The third kappa shape index (κ3) is 4.41. The lowest BCUT2D eigenvalue weighted by atomic mass is 10.1. The SMILES string of the molecule is CC1CSC(C(C)(O)c2nnc(Nc3ccn(Cc4c(F)cccc4Cl)n3)s2)N1. The maximum absolute atomic E-state index is 14.0. The minimum absolute atomic E-state index is 0.136. The number of halogens is 2. The maximum atomic E-state index is 14.0. The van der Waals surface area contributed by atoms with Gasteiger partial charge in [-0.3, -0.25) is 10.00 Å². The summed E-state index contributed by atoms with van der Waals surface area (Å²) in [4.78, 5) is 0. The molecule has 0 aliphatic carbocycles. The van der Waals surface area contributed by atoms with Crippen LogP contribution in [0.25, 0.3) is 0 Å². The molecule has 1 saturated heterocycles. The molecule has 0 saturated carbocycles. The van der Waals surface area contributed by atoms with Gasteiger partial charge in [-0.1, -0.05) is 29.0 Å². The molecule has 1 aliphatic rings. The van der Waals surface area contributed by atoms with Crippen molar-refractivity contribution in [3.8, 4) is 0 Å². The molecule has 3 heterocycles. The molecule has 7 nitrogen and oxygen atoms in total. The van der Waals surface area contributed by atoms with E-state index >= 15 is 0 Å². The molecule has 1 aliphatic heterocycles. The van der Waals surface area contributed by atoms with E-state index in [0.29, 0.717) is 32.6 Å². The zero-order valence-corrected chi connectivity index (χ0v) is 18.2. The summed E-state index contributed by atoms with van der Waals surface area (Å²) in [5.41, 5.74) is -0.748. The lowest BCUT2D eigenvalue weighted by molar-refractivity contribution is 0.0446. The maximum Gasteiger partial charge on any atom is 0.211 e. The van der Waals surface area contributed by atoms with Gasteiger partial charge in [0.2, 0.25) is 5.13 Å². The van der Waals surface area contributed by atoms with Gasteiger partial charge in [0.25, 0.3) is 0 Å². The summed E-state index contributed by atoms with van der Waals surface area (Å²) in [6, 6.07) is 6.68. The number of hydrogen-bond acceptors (Lipinski definition) is 8. The smallest absolute Gasteiger partial charge is 0.211 e. The van der Waals surface area contributed by atoms with E-state index in [0.717, 1.165) is 5.75 Å². The van der Waals surface area contributed by atoms with Gasteiger partial charge in [0.15, 0.2) is 10.8 Å². The topological polar surface area (TPSA) is 87.9 Å². The molecule has 29 heavy (non-hydrogen) atoms. The van der Waals surface area contributed by atoms with Crippen molar-refractivity contribution in [2.75, 3.05) is 11.1 Å². The molecule has 3 N–H and O–H groups in total. The number of aromatic nitrogens is 4. The Morgan fingerprint density at radius 3 is 2.97 bits per heavy atom. The highest BCUT2D eigenvalue weighted by Crippen LogP contribution is 2.37. The lowest BCUT2D eigenvalue weighted by Gasteiger charge is -2.27. The summed E-state index contributed by atoms with van der Waals surface area (Å²) in [5.74, 6) is 1.11. The molecule has 0 bridgehead atoms. The second-order valence-electron chi connectivity index (χ2n) is 7.06. The van der Waals surface area contributed by atoms with Crippen LogP contribution in [0.1, 0.15) is 24.4 Å². The van der Waals surface area contributed by atoms with Crippen molar-refractivity contribution >= 4 is 45.6 Å². The fourth-order valence-electron chi connectivity index (χ4n) is 2.98. The molecule has 3 unspecified atom stereocenters. The Balaban J connectivity index is 1.45. The number of thioether (sulfide) groups is 1. The number of anilines is 2. The predicted octanol–water partition coefficient (Wildman–Crippen LogP) is 3.58. The van der Waals surface area contributed by atoms with E-state index in [9.17, 15) is 9.50 Å². The monoisotopic (exact) mass is 454 g/mol. The second kappa shape index (κ2) is 8.19. The van der Waals surface area contributed by atoms with Gasteiger partial charge in [0, 0.05) is 34.6 Å². The number of hydrogen-bond donors (Lipinski definition) is 3.